The highest BCUT2D eigenvalue weighted by Crippen LogP contribution is 2.41. The number of aryl methyl sites for hydroxylation is 1. The van der Waals surface area contributed by atoms with Crippen LogP contribution in [0.3, 0.4) is 0 Å². The molecule has 0 atom stereocenters. The van der Waals surface area contributed by atoms with E-state index in [9.17, 15) is 14.0 Å². The van der Waals surface area contributed by atoms with Crippen molar-refractivity contribution in [1.82, 2.24) is 0 Å². The summed E-state index contributed by atoms with van der Waals surface area (Å²) in [6.45, 7) is 1.74. The summed E-state index contributed by atoms with van der Waals surface area (Å²) in [6, 6.07) is 2.71. The maximum absolute atomic E-state index is 14.1. The van der Waals surface area contributed by atoms with E-state index in [4.69, 9.17) is 11.6 Å². The minimum atomic E-state index is -0.992. The Morgan fingerprint density at radius 2 is 1.65 bits per heavy atom. The van der Waals surface area contributed by atoms with Crippen molar-refractivity contribution in [1.29, 1.82) is 0 Å². The van der Waals surface area contributed by atoms with Crippen molar-refractivity contribution in [3.63, 3.8) is 0 Å². The van der Waals surface area contributed by atoms with E-state index >= 15 is 0 Å². The molecule has 1 aromatic carbocycles. The maximum Gasteiger partial charge on any atom is 0.174 e. The van der Waals surface area contributed by atoms with E-state index < -0.39 is 11.7 Å². The van der Waals surface area contributed by atoms with Crippen LogP contribution in [0, 0.1) is 12.7 Å². The molecule has 0 aromatic heterocycles. The number of allylic oxidation sites excluding steroid dienone is 2. The molecule has 0 radical (unpaired) electrons. The van der Waals surface area contributed by atoms with Gasteiger partial charge in [-0.2, -0.15) is 0 Å². The second kappa shape index (κ2) is 4.81. The molecule has 2 aliphatic rings. The fourth-order valence-electron chi connectivity index (χ4n) is 3.10. The zero-order chi connectivity index (χ0) is 14.4. The Balaban J connectivity index is 2.07. The van der Waals surface area contributed by atoms with Crippen LogP contribution in [0.2, 0.25) is 5.02 Å². The van der Waals surface area contributed by atoms with Crippen molar-refractivity contribution in [2.45, 2.75) is 38.5 Å². The van der Waals surface area contributed by atoms with Gasteiger partial charge >= 0.3 is 0 Å². The molecule has 20 heavy (non-hydrogen) atoms. The SMILES string of the molecule is Cc1cc(C2C(=O)C3=C(CCCC3)C2=O)c(F)cc1Cl. The second-order valence-electron chi connectivity index (χ2n) is 5.45. The van der Waals surface area contributed by atoms with Crippen molar-refractivity contribution in [2.24, 2.45) is 0 Å². The van der Waals surface area contributed by atoms with E-state index in [-0.39, 0.29) is 17.1 Å². The number of hydrogen-bond donors (Lipinski definition) is 0. The highest BCUT2D eigenvalue weighted by atomic mass is 35.5. The lowest BCUT2D eigenvalue weighted by atomic mass is 9.91. The van der Waals surface area contributed by atoms with Gasteiger partial charge in [-0.1, -0.05) is 17.7 Å². The number of rotatable bonds is 1. The fourth-order valence-corrected chi connectivity index (χ4v) is 3.25. The predicted octanol–water partition coefficient (Wildman–Crippen LogP) is 3.89. The molecule has 2 nitrogen and oxygen atoms in total. The van der Waals surface area contributed by atoms with Gasteiger partial charge in [-0.25, -0.2) is 4.39 Å². The quantitative estimate of drug-likeness (QED) is 0.736. The molecule has 0 amide bonds. The molecule has 2 aliphatic carbocycles. The first kappa shape index (κ1) is 13.5. The normalized spacial score (nSPS) is 19.8. The molecule has 0 N–H and O–H groups in total. The van der Waals surface area contributed by atoms with Gasteiger partial charge in [0.1, 0.15) is 11.7 Å². The molecule has 0 aliphatic heterocycles. The molecule has 104 valence electrons. The Morgan fingerprint density at radius 1 is 1.10 bits per heavy atom. The molecular formula is C16H14ClFO2. The Bertz CT molecular complexity index is 633. The third-order valence-corrected chi connectivity index (χ3v) is 4.58. The van der Waals surface area contributed by atoms with E-state index in [2.05, 4.69) is 0 Å². The topological polar surface area (TPSA) is 34.1 Å². The van der Waals surface area contributed by atoms with Crippen LogP contribution < -0.4 is 0 Å². The number of hydrogen-bond acceptors (Lipinski definition) is 2. The highest BCUT2D eigenvalue weighted by molar-refractivity contribution is 6.31. The summed E-state index contributed by atoms with van der Waals surface area (Å²) in [5.74, 6) is -2.00. The average Bonchev–Trinajstić information content (AvgIpc) is 2.68. The van der Waals surface area contributed by atoms with Gasteiger partial charge in [-0.05, 0) is 44.2 Å². The first-order valence-electron chi connectivity index (χ1n) is 6.76. The number of benzene rings is 1. The number of carbonyl (C=O) groups excluding carboxylic acids is 2. The number of halogens is 2. The molecule has 0 spiro atoms. The molecule has 0 unspecified atom stereocenters. The molecule has 0 saturated heterocycles. The van der Waals surface area contributed by atoms with Crippen LogP contribution in [0.15, 0.2) is 23.3 Å². The minimum absolute atomic E-state index is 0.163. The number of carbonyl (C=O) groups is 2. The molecule has 1 aromatic rings. The Labute approximate surface area is 121 Å². The van der Waals surface area contributed by atoms with Crippen molar-refractivity contribution in [3.05, 3.63) is 45.2 Å². The largest absolute Gasteiger partial charge is 0.293 e. The van der Waals surface area contributed by atoms with Gasteiger partial charge in [0.05, 0.1) is 0 Å². The van der Waals surface area contributed by atoms with Gasteiger partial charge in [0, 0.05) is 21.7 Å². The van der Waals surface area contributed by atoms with Crippen molar-refractivity contribution in [2.75, 3.05) is 0 Å². The lowest BCUT2D eigenvalue weighted by Gasteiger charge is -2.11. The van der Waals surface area contributed by atoms with E-state index in [1.54, 1.807) is 6.92 Å². The molecule has 0 heterocycles. The monoisotopic (exact) mass is 292 g/mol. The predicted molar refractivity (Wildman–Crippen MR) is 74.4 cm³/mol. The minimum Gasteiger partial charge on any atom is -0.293 e. The van der Waals surface area contributed by atoms with E-state index in [0.717, 1.165) is 12.8 Å². The summed E-state index contributed by atoms with van der Waals surface area (Å²) >= 11 is 5.87. The van der Waals surface area contributed by atoms with Crippen LogP contribution in [0.1, 0.15) is 42.7 Å². The average molecular weight is 293 g/mol. The Kier molecular flexibility index (Phi) is 3.25. The van der Waals surface area contributed by atoms with Gasteiger partial charge in [0.15, 0.2) is 11.6 Å². The fraction of sp³-hybridized carbons (Fsp3) is 0.375. The first-order valence-corrected chi connectivity index (χ1v) is 7.14. The zero-order valence-electron chi connectivity index (χ0n) is 11.1. The summed E-state index contributed by atoms with van der Waals surface area (Å²) in [4.78, 5) is 24.8. The maximum atomic E-state index is 14.1. The van der Waals surface area contributed by atoms with E-state index in [1.165, 1.54) is 12.1 Å². The standard InChI is InChI=1S/C16H14ClFO2/c1-8-6-11(13(18)7-12(8)17)14-15(19)9-4-2-3-5-10(9)16(14)20/h6-7,14H,2-5H2,1H3. The van der Waals surface area contributed by atoms with Gasteiger partial charge in [0.25, 0.3) is 0 Å². The van der Waals surface area contributed by atoms with Crippen LogP contribution >= 0.6 is 11.6 Å². The van der Waals surface area contributed by atoms with Crippen LogP contribution in [0.25, 0.3) is 0 Å². The Hall–Kier alpha value is -1.48. The molecule has 0 fully saturated rings. The second-order valence-corrected chi connectivity index (χ2v) is 5.86. The highest BCUT2D eigenvalue weighted by Gasteiger charge is 2.43. The third kappa shape index (κ3) is 1.92. The van der Waals surface area contributed by atoms with Gasteiger partial charge in [-0.15, -0.1) is 0 Å². The van der Waals surface area contributed by atoms with E-state index in [1.807, 2.05) is 0 Å². The van der Waals surface area contributed by atoms with Crippen molar-refractivity contribution in [3.8, 4) is 0 Å². The van der Waals surface area contributed by atoms with Gasteiger partial charge in [-0.3, -0.25) is 9.59 Å². The van der Waals surface area contributed by atoms with Gasteiger partial charge < -0.3 is 0 Å². The number of ketones is 2. The van der Waals surface area contributed by atoms with Crippen LogP contribution in [-0.2, 0) is 9.59 Å². The van der Waals surface area contributed by atoms with Crippen molar-refractivity contribution < 1.29 is 14.0 Å². The first-order chi connectivity index (χ1) is 9.50. The summed E-state index contributed by atoms with van der Waals surface area (Å²) in [5, 5.41) is 0.307. The molecule has 3 rings (SSSR count). The van der Waals surface area contributed by atoms with Crippen LogP contribution in [-0.4, -0.2) is 11.6 Å². The number of Topliss-reactive ketones (excluding diaryl/α,β-unsaturated/α-hetero) is 2. The lowest BCUT2D eigenvalue weighted by molar-refractivity contribution is -0.123. The summed E-state index contributed by atoms with van der Waals surface area (Å²) in [6.07, 6.45) is 3.13. The zero-order valence-corrected chi connectivity index (χ0v) is 11.9. The lowest BCUT2D eigenvalue weighted by Crippen LogP contribution is -2.17. The van der Waals surface area contributed by atoms with Crippen LogP contribution in [0.4, 0.5) is 4.39 Å². The van der Waals surface area contributed by atoms with Crippen LogP contribution in [0.5, 0.6) is 0 Å². The van der Waals surface area contributed by atoms with Gasteiger partial charge in [0.2, 0.25) is 0 Å². The molecule has 4 heteroatoms. The van der Waals surface area contributed by atoms with Crippen molar-refractivity contribution >= 4 is 23.2 Å². The smallest absolute Gasteiger partial charge is 0.174 e. The Morgan fingerprint density at radius 3 is 2.20 bits per heavy atom. The van der Waals surface area contributed by atoms with E-state index in [0.29, 0.717) is 34.6 Å². The molecule has 0 saturated carbocycles. The third-order valence-electron chi connectivity index (χ3n) is 4.18. The molecular weight excluding hydrogens is 279 g/mol. The summed E-state index contributed by atoms with van der Waals surface area (Å²) < 4.78 is 14.1. The summed E-state index contributed by atoms with van der Waals surface area (Å²) in [7, 11) is 0. The molecule has 0 bridgehead atoms. The summed E-state index contributed by atoms with van der Waals surface area (Å²) in [5.41, 5.74) is 2.08.